The third-order valence-electron chi connectivity index (χ3n) is 4.70. The minimum Gasteiger partial charge on any atom is -0.313 e. The second-order valence-corrected chi connectivity index (χ2v) is 6.56. The molecule has 2 fully saturated rings. The molecule has 0 bridgehead atoms. The molecule has 0 spiro atoms. The molecule has 0 amide bonds. The standard InChI is InChI=1S/C16H22ClN/c1-2-12-9-16(10-12,11-18-15-7-8-15)13-3-5-14(17)6-4-13/h3-6,12,15,18H,2,7-11H2,1H3. The van der Waals surface area contributed by atoms with E-state index in [0.29, 0.717) is 5.41 Å². The van der Waals surface area contributed by atoms with Crippen molar-refractivity contribution in [2.45, 2.75) is 50.5 Å². The van der Waals surface area contributed by atoms with E-state index >= 15 is 0 Å². The lowest BCUT2D eigenvalue weighted by Crippen LogP contribution is -2.48. The van der Waals surface area contributed by atoms with Gasteiger partial charge in [0.05, 0.1) is 0 Å². The molecule has 18 heavy (non-hydrogen) atoms. The molecule has 0 aliphatic heterocycles. The molecule has 1 nitrogen and oxygen atoms in total. The molecule has 0 heterocycles. The van der Waals surface area contributed by atoms with E-state index in [1.54, 1.807) is 0 Å². The Bertz CT molecular complexity index is 402. The molecule has 0 aromatic heterocycles. The normalized spacial score (nSPS) is 31.1. The molecular weight excluding hydrogens is 242 g/mol. The van der Waals surface area contributed by atoms with Gasteiger partial charge >= 0.3 is 0 Å². The zero-order valence-electron chi connectivity index (χ0n) is 11.1. The van der Waals surface area contributed by atoms with E-state index in [1.807, 2.05) is 12.1 Å². The fourth-order valence-corrected chi connectivity index (χ4v) is 3.37. The van der Waals surface area contributed by atoms with E-state index in [-0.39, 0.29) is 0 Å². The molecule has 0 unspecified atom stereocenters. The predicted molar refractivity (Wildman–Crippen MR) is 77.2 cm³/mol. The van der Waals surface area contributed by atoms with Gasteiger partial charge in [-0.15, -0.1) is 0 Å². The van der Waals surface area contributed by atoms with Crippen molar-refractivity contribution >= 4 is 11.6 Å². The predicted octanol–water partition coefficient (Wildman–Crippen LogP) is 4.15. The number of hydrogen-bond donors (Lipinski definition) is 1. The topological polar surface area (TPSA) is 12.0 Å². The van der Waals surface area contributed by atoms with E-state index in [4.69, 9.17) is 11.6 Å². The lowest BCUT2D eigenvalue weighted by molar-refractivity contribution is 0.133. The van der Waals surface area contributed by atoms with Gasteiger partial charge in [-0.05, 0) is 49.3 Å². The molecule has 1 aromatic rings. The first-order chi connectivity index (χ1) is 8.72. The Hall–Kier alpha value is -0.530. The third kappa shape index (κ3) is 2.44. The van der Waals surface area contributed by atoms with Gasteiger partial charge in [0.25, 0.3) is 0 Å². The minimum atomic E-state index is 0.383. The van der Waals surface area contributed by atoms with Crippen LogP contribution in [0, 0.1) is 5.92 Å². The summed E-state index contributed by atoms with van der Waals surface area (Å²) in [7, 11) is 0. The Morgan fingerprint density at radius 3 is 2.44 bits per heavy atom. The molecule has 2 heteroatoms. The van der Waals surface area contributed by atoms with Crippen LogP contribution in [0.3, 0.4) is 0 Å². The molecule has 0 atom stereocenters. The summed E-state index contributed by atoms with van der Waals surface area (Å²) in [5, 5.41) is 4.57. The summed E-state index contributed by atoms with van der Waals surface area (Å²) < 4.78 is 0. The van der Waals surface area contributed by atoms with Crippen molar-refractivity contribution in [1.82, 2.24) is 5.32 Å². The zero-order chi connectivity index (χ0) is 12.6. The van der Waals surface area contributed by atoms with Gasteiger partial charge in [0.15, 0.2) is 0 Å². The van der Waals surface area contributed by atoms with Crippen LogP contribution in [-0.2, 0) is 5.41 Å². The van der Waals surface area contributed by atoms with Crippen LogP contribution >= 0.6 is 11.6 Å². The number of halogens is 1. The molecule has 98 valence electrons. The van der Waals surface area contributed by atoms with Crippen molar-refractivity contribution in [2.24, 2.45) is 5.92 Å². The summed E-state index contributed by atoms with van der Waals surface area (Å²) in [5.41, 5.74) is 1.86. The molecular formula is C16H22ClN. The van der Waals surface area contributed by atoms with Crippen LogP contribution in [0.2, 0.25) is 5.02 Å². The molecule has 2 aliphatic rings. The first kappa shape index (κ1) is 12.5. The second-order valence-electron chi connectivity index (χ2n) is 6.12. The molecule has 0 saturated heterocycles. The molecule has 3 rings (SSSR count). The van der Waals surface area contributed by atoms with Crippen molar-refractivity contribution in [2.75, 3.05) is 6.54 Å². The van der Waals surface area contributed by atoms with Crippen molar-refractivity contribution in [1.29, 1.82) is 0 Å². The van der Waals surface area contributed by atoms with Crippen molar-refractivity contribution < 1.29 is 0 Å². The van der Waals surface area contributed by atoms with Gasteiger partial charge in [0.1, 0.15) is 0 Å². The van der Waals surface area contributed by atoms with E-state index < -0.39 is 0 Å². The highest BCUT2D eigenvalue weighted by molar-refractivity contribution is 6.30. The van der Waals surface area contributed by atoms with Crippen molar-refractivity contribution in [3.63, 3.8) is 0 Å². The Balaban J connectivity index is 1.74. The maximum Gasteiger partial charge on any atom is 0.0406 e. The number of nitrogens with one attached hydrogen (secondary N) is 1. The highest BCUT2D eigenvalue weighted by Crippen LogP contribution is 2.49. The molecule has 1 N–H and O–H groups in total. The maximum absolute atomic E-state index is 6.00. The van der Waals surface area contributed by atoms with Crippen LogP contribution in [0.5, 0.6) is 0 Å². The molecule has 0 radical (unpaired) electrons. The largest absolute Gasteiger partial charge is 0.313 e. The quantitative estimate of drug-likeness (QED) is 0.842. The van der Waals surface area contributed by atoms with Gasteiger partial charge in [-0.1, -0.05) is 37.1 Å². The Morgan fingerprint density at radius 1 is 1.22 bits per heavy atom. The Kier molecular flexibility index (Phi) is 3.38. The van der Waals surface area contributed by atoms with Crippen molar-refractivity contribution in [3.8, 4) is 0 Å². The Morgan fingerprint density at radius 2 is 1.89 bits per heavy atom. The maximum atomic E-state index is 6.00. The van der Waals surface area contributed by atoms with Gasteiger partial charge in [-0.2, -0.15) is 0 Å². The average molecular weight is 264 g/mol. The third-order valence-corrected chi connectivity index (χ3v) is 4.95. The minimum absolute atomic E-state index is 0.383. The van der Waals surface area contributed by atoms with Gasteiger partial charge in [0, 0.05) is 23.0 Å². The van der Waals surface area contributed by atoms with E-state index in [1.165, 1.54) is 37.7 Å². The number of hydrogen-bond acceptors (Lipinski definition) is 1. The highest BCUT2D eigenvalue weighted by atomic mass is 35.5. The van der Waals surface area contributed by atoms with Gasteiger partial charge in [-0.25, -0.2) is 0 Å². The van der Waals surface area contributed by atoms with Crippen molar-refractivity contribution in [3.05, 3.63) is 34.9 Å². The summed E-state index contributed by atoms with van der Waals surface area (Å²) in [6.07, 6.45) is 6.73. The fraction of sp³-hybridized carbons (Fsp3) is 0.625. The summed E-state index contributed by atoms with van der Waals surface area (Å²) in [6.45, 7) is 3.46. The average Bonchev–Trinajstić information content (AvgIpc) is 3.14. The SMILES string of the molecule is CCC1CC(CNC2CC2)(c2ccc(Cl)cc2)C1. The number of rotatable bonds is 5. The van der Waals surface area contributed by atoms with Crippen LogP contribution in [0.15, 0.2) is 24.3 Å². The van der Waals surface area contributed by atoms with Gasteiger partial charge < -0.3 is 5.32 Å². The second kappa shape index (κ2) is 4.86. The summed E-state index contributed by atoms with van der Waals surface area (Å²) in [6, 6.07) is 9.32. The zero-order valence-corrected chi connectivity index (χ0v) is 11.8. The Labute approximate surface area is 115 Å². The first-order valence-corrected chi connectivity index (χ1v) is 7.59. The monoisotopic (exact) mass is 263 g/mol. The van der Waals surface area contributed by atoms with Crippen LogP contribution in [-0.4, -0.2) is 12.6 Å². The summed E-state index contributed by atoms with van der Waals surface area (Å²) in [4.78, 5) is 0. The molecule has 2 saturated carbocycles. The molecule has 1 aromatic carbocycles. The van der Waals surface area contributed by atoms with E-state index in [9.17, 15) is 0 Å². The van der Waals surface area contributed by atoms with E-state index in [2.05, 4.69) is 24.4 Å². The smallest absolute Gasteiger partial charge is 0.0406 e. The van der Waals surface area contributed by atoms with Gasteiger partial charge in [-0.3, -0.25) is 0 Å². The van der Waals surface area contributed by atoms with Crippen LogP contribution in [0.4, 0.5) is 0 Å². The molecule has 2 aliphatic carbocycles. The van der Waals surface area contributed by atoms with E-state index in [0.717, 1.165) is 23.5 Å². The van der Waals surface area contributed by atoms with Crippen LogP contribution in [0.25, 0.3) is 0 Å². The van der Waals surface area contributed by atoms with Gasteiger partial charge in [0.2, 0.25) is 0 Å². The lowest BCUT2D eigenvalue weighted by atomic mass is 9.58. The first-order valence-electron chi connectivity index (χ1n) is 7.21. The summed E-state index contributed by atoms with van der Waals surface area (Å²) >= 11 is 6.00. The number of benzene rings is 1. The van der Waals surface area contributed by atoms with Crippen LogP contribution in [0.1, 0.15) is 44.6 Å². The highest BCUT2D eigenvalue weighted by Gasteiger charge is 2.44. The fourth-order valence-electron chi connectivity index (χ4n) is 3.25. The summed E-state index contributed by atoms with van der Waals surface area (Å²) in [5.74, 6) is 0.918. The van der Waals surface area contributed by atoms with Crippen LogP contribution < -0.4 is 5.32 Å². The lowest BCUT2D eigenvalue weighted by Gasteiger charge is -2.48.